The van der Waals surface area contributed by atoms with Crippen molar-refractivity contribution in [3.63, 3.8) is 0 Å². The molecule has 1 heterocycles. The van der Waals surface area contributed by atoms with Gasteiger partial charge in [-0.1, -0.05) is 25.6 Å². The zero-order chi connectivity index (χ0) is 24.6. The van der Waals surface area contributed by atoms with E-state index in [1.54, 1.807) is 6.92 Å². The van der Waals surface area contributed by atoms with E-state index in [-0.39, 0.29) is 62.1 Å². The lowest BCUT2D eigenvalue weighted by Crippen LogP contribution is -2.32. The minimum atomic E-state index is -4.56. The van der Waals surface area contributed by atoms with Crippen LogP contribution < -0.4 is 15.8 Å². The Balaban J connectivity index is 0.00000578. The molecule has 12 heteroatoms. The van der Waals surface area contributed by atoms with E-state index in [4.69, 9.17) is 10.5 Å². The number of methoxy groups -OCH3 is 1. The third-order valence-corrected chi connectivity index (χ3v) is 4.48. The Morgan fingerprint density at radius 3 is 2.59 bits per heavy atom. The van der Waals surface area contributed by atoms with Crippen molar-refractivity contribution in [2.75, 3.05) is 24.8 Å². The Morgan fingerprint density at radius 1 is 1.29 bits per heavy atom. The van der Waals surface area contributed by atoms with Gasteiger partial charge >= 0.3 is 12.1 Å². The molecule has 1 atom stereocenters. The smallest absolute Gasteiger partial charge is 0.416 e. The van der Waals surface area contributed by atoms with Gasteiger partial charge in [-0.05, 0) is 25.0 Å². The molecule has 0 aliphatic heterocycles. The highest BCUT2D eigenvalue weighted by molar-refractivity contribution is 5.89. The van der Waals surface area contributed by atoms with E-state index >= 15 is 0 Å². The number of nitrogens with two attached hydrogens (primary N) is 1. The van der Waals surface area contributed by atoms with Crippen LogP contribution in [0.15, 0.2) is 24.3 Å². The largest absolute Gasteiger partial charge is 0.477 e. The number of alkyl halides is 3. The Hall–Kier alpha value is -3.88. The van der Waals surface area contributed by atoms with Crippen molar-refractivity contribution in [2.45, 2.75) is 45.8 Å². The summed E-state index contributed by atoms with van der Waals surface area (Å²) in [6, 6.07) is 5.16. The predicted molar refractivity (Wildman–Crippen MR) is 118 cm³/mol. The maximum Gasteiger partial charge on any atom is 0.416 e. The number of esters is 1. The second kappa shape index (κ2) is 12.4. The summed E-state index contributed by atoms with van der Waals surface area (Å²) in [7, 11) is 1.18. The molecular formula is C22H26F3N5O4. The number of nitrogens with zero attached hydrogens (tertiary/aromatic N) is 3. The average Bonchev–Trinajstić information content (AvgIpc) is 2.76. The molecule has 3 N–H and O–H groups in total. The van der Waals surface area contributed by atoms with Crippen LogP contribution in [-0.4, -0.2) is 41.5 Å². The first kappa shape index (κ1) is 28.2. The van der Waals surface area contributed by atoms with Crippen molar-refractivity contribution < 1.29 is 32.2 Å². The first-order valence-electron chi connectivity index (χ1n) is 9.81. The van der Waals surface area contributed by atoms with Gasteiger partial charge in [0.15, 0.2) is 17.2 Å². The fourth-order valence-electron chi connectivity index (χ4n) is 2.93. The van der Waals surface area contributed by atoms with Crippen LogP contribution in [0.3, 0.4) is 0 Å². The molecule has 0 amide bonds. The summed E-state index contributed by atoms with van der Waals surface area (Å²) >= 11 is 0. The highest BCUT2D eigenvalue weighted by Gasteiger charge is 2.31. The maximum atomic E-state index is 13.0. The minimum absolute atomic E-state index is 0. The summed E-state index contributed by atoms with van der Waals surface area (Å²) < 4.78 is 48.9. The standard InChI is InChI=1S/C21H22F3N5O4.CH4/c1-3-33-19-14(11-25)18(28-20(26)29-19)27-15(7-8-17(31)32-2)16(30)10-12-5-4-6-13(9-12)21(22,23)24;/h4-6,9,15H,3,7-8,10H2,1-2H3,(H3,26,27,28,29);1H4/t15-;/m0./s1. The summed E-state index contributed by atoms with van der Waals surface area (Å²) in [6.45, 7) is 1.86. The zero-order valence-corrected chi connectivity index (χ0v) is 17.9. The molecule has 0 bridgehead atoms. The molecule has 0 saturated heterocycles. The molecular weight excluding hydrogens is 455 g/mol. The minimum Gasteiger partial charge on any atom is -0.477 e. The normalized spacial score (nSPS) is 11.5. The van der Waals surface area contributed by atoms with Gasteiger partial charge in [-0.2, -0.15) is 28.4 Å². The molecule has 2 aromatic rings. The van der Waals surface area contributed by atoms with Crippen molar-refractivity contribution >= 4 is 23.5 Å². The van der Waals surface area contributed by atoms with Crippen LogP contribution in [0, 0.1) is 11.3 Å². The van der Waals surface area contributed by atoms with Gasteiger partial charge in [0.05, 0.1) is 25.3 Å². The van der Waals surface area contributed by atoms with Gasteiger partial charge in [0.2, 0.25) is 11.8 Å². The van der Waals surface area contributed by atoms with Crippen LogP contribution in [0.2, 0.25) is 0 Å². The molecule has 0 spiro atoms. The number of nitrogens with one attached hydrogen (secondary N) is 1. The third kappa shape index (κ3) is 7.61. The molecule has 0 saturated carbocycles. The molecule has 34 heavy (non-hydrogen) atoms. The van der Waals surface area contributed by atoms with Crippen molar-refractivity contribution in [1.82, 2.24) is 9.97 Å². The molecule has 0 fully saturated rings. The lowest BCUT2D eigenvalue weighted by Gasteiger charge is -2.20. The van der Waals surface area contributed by atoms with Crippen molar-refractivity contribution in [3.05, 3.63) is 41.0 Å². The Kier molecular flexibility index (Phi) is 10.3. The summed E-state index contributed by atoms with van der Waals surface area (Å²) in [6.07, 6.45) is -5.15. The van der Waals surface area contributed by atoms with E-state index in [0.717, 1.165) is 12.1 Å². The molecule has 0 radical (unpaired) electrons. The lowest BCUT2D eigenvalue weighted by molar-refractivity contribution is -0.141. The third-order valence-electron chi connectivity index (χ3n) is 4.48. The van der Waals surface area contributed by atoms with Gasteiger partial charge in [-0.3, -0.25) is 9.59 Å². The van der Waals surface area contributed by atoms with E-state index in [0.29, 0.717) is 0 Å². The SMILES string of the molecule is C.CCOc1nc(N)nc(N[C@@H](CCC(=O)OC)C(=O)Cc2cccc(C(F)(F)F)c2)c1C#N. The number of hydrogen-bond donors (Lipinski definition) is 2. The van der Waals surface area contributed by atoms with Crippen LogP contribution in [0.25, 0.3) is 0 Å². The summed E-state index contributed by atoms with van der Waals surface area (Å²) in [5.41, 5.74) is 4.81. The fraction of sp³-hybridized carbons (Fsp3) is 0.409. The predicted octanol–water partition coefficient (Wildman–Crippen LogP) is 3.53. The van der Waals surface area contributed by atoms with E-state index in [2.05, 4.69) is 20.0 Å². The molecule has 2 rings (SSSR count). The Morgan fingerprint density at radius 2 is 2.00 bits per heavy atom. The monoisotopic (exact) mass is 481 g/mol. The van der Waals surface area contributed by atoms with Gasteiger partial charge in [-0.15, -0.1) is 0 Å². The zero-order valence-electron chi connectivity index (χ0n) is 17.9. The van der Waals surface area contributed by atoms with Crippen LogP contribution in [0.4, 0.5) is 24.9 Å². The first-order chi connectivity index (χ1) is 15.6. The number of halogens is 3. The summed E-state index contributed by atoms with van der Waals surface area (Å²) in [4.78, 5) is 32.4. The number of carbonyl (C=O) groups excluding carboxylic acids is 2. The average molecular weight is 481 g/mol. The number of aromatic nitrogens is 2. The molecule has 9 nitrogen and oxygen atoms in total. The maximum absolute atomic E-state index is 13.0. The second-order valence-electron chi connectivity index (χ2n) is 6.81. The molecule has 1 aromatic carbocycles. The van der Waals surface area contributed by atoms with Crippen molar-refractivity contribution in [2.24, 2.45) is 0 Å². The summed E-state index contributed by atoms with van der Waals surface area (Å²) in [5.74, 6) is -1.53. The highest BCUT2D eigenvalue weighted by atomic mass is 19.4. The van der Waals surface area contributed by atoms with Crippen LogP contribution in [0.1, 0.15) is 43.9 Å². The number of benzene rings is 1. The molecule has 0 aliphatic rings. The molecule has 0 aliphatic carbocycles. The Bertz CT molecular complexity index is 1050. The van der Waals surface area contributed by atoms with Gasteiger partial charge in [0.1, 0.15) is 6.07 Å². The van der Waals surface area contributed by atoms with Crippen molar-refractivity contribution in [3.8, 4) is 11.9 Å². The van der Waals surface area contributed by atoms with Crippen LogP contribution in [0.5, 0.6) is 5.88 Å². The van der Waals surface area contributed by atoms with Crippen LogP contribution in [-0.2, 0) is 26.9 Å². The quantitative estimate of drug-likeness (QED) is 0.488. The molecule has 0 unspecified atom stereocenters. The number of carbonyl (C=O) groups is 2. The number of nitrogen functional groups attached to an aromatic ring is 1. The van der Waals surface area contributed by atoms with E-state index < -0.39 is 29.5 Å². The van der Waals surface area contributed by atoms with Crippen molar-refractivity contribution in [1.29, 1.82) is 5.26 Å². The number of ether oxygens (including phenoxy) is 2. The number of nitriles is 1. The van der Waals surface area contributed by atoms with Gasteiger partial charge in [-0.25, -0.2) is 0 Å². The number of hydrogen-bond acceptors (Lipinski definition) is 9. The lowest BCUT2D eigenvalue weighted by atomic mass is 9.98. The number of rotatable bonds is 10. The number of Topliss-reactive ketones (excluding diaryl/α,β-unsaturated/α-hetero) is 1. The fourth-order valence-corrected chi connectivity index (χ4v) is 2.93. The van der Waals surface area contributed by atoms with Crippen LogP contribution >= 0.6 is 0 Å². The number of ketones is 1. The van der Waals surface area contributed by atoms with E-state index in [1.165, 1.54) is 19.2 Å². The summed E-state index contributed by atoms with van der Waals surface area (Å²) in [5, 5.41) is 12.3. The van der Waals surface area contributed by atoms with Gasteiger partial charge in [0.25, 0.3) is 0 Å². The highest BCUT2D eigenvalue weighted by Crippen LogP contribution is 2.30. The van der Waals surface area contributed by atoms with E-state index in [9.17, 15) is 28.0 Å². The Labute approximate surface area is 195 Å². The van der Waals surface area contributed by atoms with E-state index in [1.807, 2.05) is 6.07 Å². The van der Waals surface area contributed by atoms with Gasteiger partial charge < -0.3 is 20.5 Å². The first-order valence-corrected chi connectivity index (χ1v) is 9.81. The number of anilines is 2. The molecule has 184 valence electrons. The van der Waals surface area contributed by atoms with Gasteiger partial charge in [0, 0.05) is 12.8 Å². The second-order valence-corrected chi connectivity index (χ2v) is 6.81. The molecule has 1 aromatic heterocycles. The topological polar surface area (TPSA) is 140 Å².